The van der Waals surface area contributed by atoms with Gasteiger partial charge >= 0.3 is 13.2 Å². The van der Waals surface area contributed by atoms with Crippen molar-refractivity contribution >= 4 is 32.5 Å². The fourth-order valence-corrected chi connectivity index (χ4v) is 3.98. The van der Waals surface area contributed by atoms with E-state index in [-0.39, 0.29) is 17.1 Å². The number of aromatic nitrogens is 1. The first kappa shape index (κ1) is 22.8. The molecule has 1 heterocycles. The monoisotopic (exact) mass is 476 g/mol. The standard InChI is InChI=1S/C19H16F4N2O4S2/c1-31(26,27)15-4-2-3-12(7-15)25(10-14-9-24-11-30-14)13-5-6-16(28-18(20)21)17(8-13)29-19(22)23/h2-9,11,18-19H,10H2,1H3. The number of halogens is 4. The van der Waals surface area contributed by atoms with Crippen molar-refractivity contribution in [2.75, 3.05) is 11.2 Å². The first-order valence-corrected chi connectivity index (χ1v) is 11.4. The third-order valence-corrected chi connectivity index (χ3v) is 5.90. The van der Waals surface area contributed by atoms with Crippen molar-refractivity contribution in [2.24, 2.45) is 0 Å². The van der Waals surface area contributed by atoms with Gasteiger partial charge < -0.3 is 14.4 Å². The van der Waals surface area contributed by atoms with Crippen molar-refractivity contribution in [3.63, 3.8) is 0 Å². The van der Waals surface area contributed by atoms with Crippen molar-refractivity contribution < 1.29 is 35.5 Å². The molecule has 0 aliphatic rings. The van der Waals surface area contributed by atoms with Crippen LogP contribution in [0.3, 0.4) is 0 Å². The smallest absolute Gasteiger partial charge is 0.387 e. The van der Waals surface area contributed by atoms with Gasteiger partial charge in [-0.2, -0.15) is 17.6 Å². The van der Waals surface area contributed by atoms with Crippen molar-refractivity contribution in [1.82, 2.24) is 4.98 Å². The second-order valence-corrected chi connectivity index (χ2v) is 9.20. The maximum Gasteiger partial charge on any atom is 0.387 e. The molecular formula is C19H16F4N2O4S2. The predicted octanol–water partition coefficient (Wildman–Crippen LogP) is 5.09. The van der Waals surface area contributed by atoms with Gasteiger partial charge in [0.1, 0.15) is 0 Å². The largest absolute Gasteiger partial charge is 0.431 e. The van der Waals surface area contributed by atoms with E-state index in [4.69, 9.17) is 0 Å². The van der Waals surface area contributed by atoms with Gasteiger partial charge in [-0.05, 0) is 30.3 Å². The van der Waals surface area contributed by atoms with E-state index in [0.29, 0.717) is 5.69 Å². The van der Waals surface area contributed by atoms with Gasteiger partial charge in [-0.1, -0.05) is 6.07 Å². The molecule has 0 fully saturated rings. The number of anilines is 2. The Labute approximate surface area is 179 Å². The predicted molar refractivity (Wildman–Crippen MR) is 107 cm³/mol. The van der Waals surface area contributed by atoms with Crippen LogP contribution in [-0.4, -0.2) is 32.9 Å². The highest BCUT2D eigenvalue weighted by Crippen LogP contribution is 2.38. The third-order valence-electron chi connectivity index (χ3n) is 4.03. The molecule has 0 aliphatic heterocycles. The molecule has 6 nitrogen and oxygen atoms in total. The second-order valence-electron chi connectivity index (χ2n) is 6.21. The van der Waals surface area contributed by atoms with Crippen molar-refractivity contribution in [2.45, 2.75) is 24.7 Å². The van der Waals surface area contributed by atoms with Crippen LogP contribution in [-0.2, 0) is 16.4 Å². The zero-order chi connectivity index (χ0) is 22.6. The SMILES string of the molecule is CS(=O)(=O)c1cccc(N(Cc2cncs2)c2ccc(OC(F)F)c(OC(F)F)c2)c1. The Balaban J connectivity index is 2.09. The first-order valence-electron chi connectivity index (χ1n) is 8.62. The van der Waals surface area contributed by atoms with Gasteiger partial charge in [0.15, 0.2) is 21.3 Å². The Bertz CT molecular complexity index is 1130. The summed E-state index contributed by atoms with van der Waals surface area (Å²) in [4.78, 5) is 6.45. The topological polar surface area (TPSA) is 68.7 Å². The number of alkyl halides is 4. The zero-order valence-electron chi connectivity index (χ0n) is 15.9. The normalized spacial score (nSPS) is 11.7. The fraction of sp³-hybridized carbons (Fsp3) is 0.211. The van der Waals surface area contributed by atoms with E-state index in [1.165, 1.54) is 35.6 Å². The van der Waals surface area contributed by atoms with Gasteiger partial charge in [-0.3, -0.25) is 4.98 Å². The third kappa shape index (κ3) is 6.07. The summed E-state index contributed by atoms with van der Waals surface area (Å²) >= 11 is 1.33. The van der Waals surface area contributed by atoms with Gasteiger partial charge in [-0.15, -0.1) is 11.3 Å². The summed E-state index contributed by atoms with van der Waals surface area (Å²) in [6.07, 6.45) is 2.66. The van der Waals surface area contributed by atoms with Crippen LogP contribution in [0, 0.1) is 0 Å². The lowest BCUT2D eigenvalue weighted by atomic mass is 10.2. The molecule has 0 amide bonds. The number of hydrogen-bond donors (Lipinski definition) is 0. The van der Waals surface area contributed by atoms with Crippen molar-refractivity contribution in [1.29, 1.82) is 0 Å². The highest BCUT2D eigenvalue weighted by Gasteiger charge is 2.20. The van der Waals surface area contributed by atoms with Gasteiger partial charge in [0.05, 0.1) is 17.0 Å². The summed E-state index contributed by atoms with van der Waals surface area (Å²) < 4.78 is 83.5. The number of thiazole rings is 1. The quantitative estimate of drug-likeness (QED) is 0.401. The molecule has 2 aromatic carbocycles. The molecule has 3 rings (SSSR count). The van der Waals surface area contributed by atoms with Crippen molar-refractivity contribution in [3.8, 4) is 11.5 Å². The van der Waals surface area contributed by atoms with Gasteiger partial charge in [0.2, 0.25) is 0 Å². The van der Waals surface area contributed by atoms with Crippen LogP contribution in [0.15, 0.2) is 59.1 Å². The number of benzene rings is 2. The van der Waals surface area contributed by atoms with Gasteiger partial charge in [0, 0.05) is 34.8 Å². The molecule has 3 aromatic rings. The van der Waals surface area contributed by atoms with Crippen LogP contribution < -0.4 is 14.4 Å². The molecule has 0 bridgehead atoms. The molecule has 31 heavy (non-hydrogen) atoms. The molecule has 0 radical (unpaired) electrons. The molecule has 0 unspecified atom stereocenters. The second kappa shape index (κ2) is 9.52. The zero-order valence-corrected chi connectivity index (χ0v) is 17.5. The Morgan fingerprint density at radius 3 is 2.29 bits per heavy atom. The number of ether oxygens (including phenoxy) is 2. The van der Waals surface area contributed by atoms with Crippen LogP contribution in [0.2, 0.25) is 0 Å². The van der Waals surface area contributed by atoms with Crippen LogP contribution in [0.5, 0.6) is 11.5 Å². The highest BCUT2D eigenvalue weighted by molar-refractivity contribution is 7.90. The molecule has 12 heteroatoms. The number of sulfone groups is 1. The van der Waals surface area contributed by atoms with Crippen LogP contribution in [0.1, 0.15) is 4.88 Å². The summed E-state index contributed by atoms with van der Waals surface area (Å²) in [5.74, 6) is -1.14. The molecule has 0 N–H and O–H groups in total. The average Bonchev–Trinajstić information content (AvgIpc) is 3.19. The highest BCUT2D eigenvalue weighted by atomic mass is 32.2. The lowest BCUT2D eigenvalue weighted by molar-refractivity contribution is -0.0692. The molecule has 0 saturated heterocycles. The first-order chi connectivity index (χ1) is 14.6. The average molecular weight is 476 g/mol. The molecule has 1 aromatic heterocycles. The van der Waals surface area contributed by atoms with Gasteiger partial charge in [0.25, 0.3) is 0 Å². The number of hydrogen-bond acceptors (Lipinski definition) is 7. The molecule has 0 atom stereocenters. The summed E-state index contributed by atoms with van der Waals surface area (Å²) in [7, 11) is -3.51. The summed E-state index contributed by atoms with van der Waals surface area (Å²) in [6, 6.07) is 9.60. The Kier molecular flexibility index (Phi) is 7.01. The Morgan fingerprint density at radius 2 is 1.68 bits per heavy atom. The lowest BCUT2D eigenvalue weighted by Gasteiger charge is -2.26. The summed E-state index contributed by atoms with van der Waals surface area (Å²) in [6.45, 7) is -6.29. The Morgan fingerprint density at radius 1 is 1.00 bits per heavy atom. The fourth-order valence-electron chi connectivity index (χ4n) is 2.74. The molecule has 0 saturated carbocycles. The van der Waals surface area contributed by atoms with Crippen LogP contribution in [0.25, 0.3) is 0 Å². The summed E-state index contributed by atoms with van der Waals surface area (Å²) in [5, 5.41) is 0. The Hall–Kier alpha value is -2.86. The molecule has 166 valence electrons. The minimum absolute atomic E-state index is 0.0565. The van der Waals surface area contributed by atoms with Gasteiger partial charge in [-0.25, -0.2) is 8.42 Å². The molecule has 0 spiro atoms. The lowest BCUT2D eigenvalue weighted by Crippen LogP contribution is -2.17. The number of nitrogens with zero attached hydrogens (tertiary/aromatic N) is 2. The van der Waals surface area contributed by atoms with Crippen LogP contribution >= 0.6 is 11.3 Å². The molecule has 0 aliphatic carbocycles. The van der Waals surface area contributed by atoms with E-state index in [1.807, 2.05) is 0 Å². The van der Waals surface area contributed by atoms with E-state index in [0.717, 1.165) is 23.3 Å². The molecular weight excluding hydrogens is 460 g/mol. The minimum atomic E-state index is -3.51. The van der Waals surface area contributed by atoms with E-state index in [2.05, 4.69) is 14.5 Å². The number of rotatable bonds is 9. The van der Waals surface area contributed by atoms with E-state index in [1.54, 1.807) is 22.7 Å². The van der Waals surface area contributed by atoms with E-state index < -0.39 is 34.6 Å². The van der Waals surface area contributed by atoms with E-state index >= 15 is 0 Å². The minimum Gasteiger partial charge on any atom is -0.431 e. The maximum atomic E-state index is 12.8. The van der Waals surface area contributed by atoms with E-state index in [9.17, 15) is 26.0 Å². The summed E-state index contributed by atoms with van der Waals surface area (Å²) in [5.41, 5.74) is 2.32. The maximum absolute atomic E-state index is 12.8. The van der Waals surface area contributed by atoms with Crippen molar-refractivity contribution in [3.05, 3.63) is 59.0 Å². The van der Waals surface area contributed by atoms with Crippen LogP contribution in [0.4, 0.5) is 28.9 Å².